The topological polar surface area (TPSA) is 124 Å². The van der Waals surface area contributed by atoms with Gasteiger partial charge in [0, 0.05) is 30.8 Å². The van der Waals surface area contributed by atoms with Crippen molar-refractivity contribution in [3.8, 4) is 5.69 Å². The fourth-order valence-corrected chi connectivity index (χ4v) is 3.96. The van der Waals surface area contributed by atoms with E-state index in [1.54, 1.807) is 71.0 Å². The molecule has 10 heteroatoms. The van der Waals surface area contributed by atoms with E-state index in [4.69, 9.17) is 9.47 Å². The quantitative estimate of drug-likeness (QED) is 0.604. The van der Waals surface area contributed by atoms with E-state index in [2.05, 4.69) is 9.97 Å². The summed E-state index contributed by atoms with van der Waals surface area (Å²) in [6.45, 7) is 10.4. The van der Waals surface area contributed by atoms with Gasteiger partial charge in [0.2, 0.25) is 0 Å². The van der Waals surface area contributed by atoms with Gasteiger partial charge in [0.05, 0.1) is 12.0 Å². The number of hydrogen-bond donors (Lipinski definition) is 1. The zero-order valence-electron chi connectivity index (χ0n) is 21.1. The van der Waals surface area contributed by atoms with Crippen molar-refractivity contribution in [2.75, 3.05) is 6.54 Å². The van der Waals surface area contributed by atoms with Gasteiger partial charge in [-0.15, -0.1) is 0 Å². The fraction of sp³-hybridized carbons (Fsp3) is 0.560. The zero-order valence-corrected chi connectivity index (χ0v) is 21.1. The predicted molar refractivity (Wildman–Crippen MR) is 127 cm³/mol. The number of aromatic nitrogens is 3. The van der Waals surface area contributed by atoms with Crippen LogP contribution in [0.3, 0.4) is 0 Å². The Morgan fingerprint density at radius 1 is 1.09 bits per heavy atom. The molecule has 1 aliphatic carbocycles. The number of carbonyl (C=O) groups excluding carboxylic acids is 2. The van der Waals surface area contributed by atoms with Crippen molar-refractivity contribution in [1.29, 1.82) is 0 Å². The average Bonchev–Trinajstić information content (AvgIpc) is 3.25. The van der Waals surface area contributed by atoms with E-state index >= 15 is 0 Å². The first kappa shape index (κ1) is 26.2. The average molecular weight is 487 g/mol. The summed E-state index contributed by atoms with van der Waals surface area (Å²) in [6, 6.07) is 3.62. The minimum absolute atomic E-state index is 0.0570. The molecule has 1 saturated carbocycles. The molecule has 2 aromatic rings. The Hall–Kier alpha value is -3.43. The molecule has 2 atom stereocenters. The first-order valence-corrected chi connectivity index (χ1v) is 11.6. The number of imide groups is 1. The maximum Gasteiger partial charge on any atom is 0.419 e. The minimum atomic E-state index is -1.08. The molecular formula is C25H34N4O6. The maximum absolute atomic E-state index is 12.7. The number of ether oxygens (including phenoxy) is 2. The molecule has 3 rings (SSSR count). The number of hydrogen-bond acceptors (Lipinski definition) is 7. The second-order valence-corrected chi connectivity index (χ2v) is 10.8. The van der Waals surface area contributed by atoms with Gasteiger partial charge in [-0.05, 0) is 78.9 Å². The number of nitrogens with zero attached hydrogens (tertiary/aromatic N) is 4. The van der Waals surface area contributed by atoms with Gasteiger partial charge in [0.15, 0.2) is 0 Å². The van der Waals surface area contributed by atoms with Crippen LogP contribution in [-0.4, -0.2) is 60.4 Å². The van der Waals surface area contributed by atoms with E-state index in [0.717, 1.165) is 10.6 Å². The summed E-state index contributed by atoms with van der Waals surface area (Å²) < 4.78 is 12.5. The van der Waals surface area contributed by atoms with Crippen LogP contribution >= 0.6 is 0 Å². The molecule has 190 valence electrons. The minimum Gasteiger partial charge on any atom is -0.481 e. The zero-order chi connectivity index (χ0) is 26.0. The summed E-state index contributed by atoms with van der Waals surface area (Å²) in [5, 5.41) is 10.0. The standard InChI is InChI=1S/C25H34N4O6/c1-23(2,3)34-21(32)29(22(33)35-24(4,5)6)13-7-8-17-14-25(17,20(30)31)19-15-28(16-27-19)18-9-11-26-12-10-18/h9-12,15-17H,7-8,13-14H2,1-6H3,(H,30,31). The van der Waals surface area contributed by atoms with Gasteiger partial charge in [-0.2, -0.15) is 0 Å². The van der Waals surface area contributed by atoms with Crippen LogP contribution in [0.1, 0.15) is 66.5 Å². The molecule has 1 aliphatic rings. The molecule has 0 bridgehead atoms. The molecule has 1 fully saturated rings. The molecular weight excluding hydrogens is 452 g/mol. The van der Waals surface area contributed by atoms with Crippen molar-refractivity contribution < 1.29 is 29.0 Å². The highest BCUT2D eigenvalue weighted by molar-refractivity contribution is 5.88. The van der Waals surface area contributed by atoms with Crippen molar-refractivity contribution >= 4 is 18.2 Å². The Morgan fingerprint density at radius 2 is 1.66 bits per heavy atom. The van der Waals surface area contributed by atoms with Gasteiger partial charge >= 0.3 is 18.2 Å². The first-order valence-electron chi connectivity index (χ1n) is 11.6. The Balaban J connectivity index is 1.68. The summed E-state index contributed by atoms with van der Waals surface area (Å²) in [7, 11) is 0. The van der Waals surface area contributed by atoms with Gasteiger partial charge in [0.25, 0.3) is 0 Å². The van der Waals surface area contributed by atoms with Crippen molar-refractivity contribution in [3.05, 3.63) is 42.7 Å². The number of carboxylic acid groups (broad SMARTS) is 1. The first-order chi connectivity index (χ1) is 16.2. The molecule has 0 aromatic carbocycles. The lowest BCUT2D eigenvalue weighted by Crippen LogP contribution is -2.44. The molecule has 2 aromatic heterocycles. The smallest absolute Gasteiger partial charge is 0.419 e. The molecule has 2 heterocycles. The molecule has 1 N–H and O–H groups in total. The Labute approximate surface area is 205 Å². The van der Waals surface area contributed by atoms with Crippen molar-refractivity contribution in [2.45, 2.75) is 77.4 Å². The van der Waals surface area contributed by atoms with Crippen LogP contribution in [0.15, 0.2) is 37.1 Å². The maximum atomic E-state index is 12.7. The molecule has 0 saturated heterocycles. The number of imidazole rings is 1. The predicted octanol–water partition coefficient (Wildman–Crippen LogP) is 4.56. The third-order valence-electron chi connectivity index (χ3n) is 5.65. The Morgan fingerprint density at radius 3 is 2.17 bits per heavy atom. The van der Waals surface area contributed by atoms with Crippen molar-refractivity contribution in [1.82, 2.24) is 19.4 Å². The summed E-state index contributed by atoms with van der Waals surface area (Å²) >= 11 is 0. The number of carboxylic acids is 1. The Bertz CT molecular complexity index is 1040. The number of pyridine rings is 1. The monoisotopic (exact) mass is 486 g/mol. The molecule has 2 amide bonds. The van der Waals surface area contributed by atoms with E-state index in [-0.39, 0.29) is 12.5 Å². The number of aliphatic carboxylic acids is 1. The highest BCUT2D eigenvalue weighted by Gasteiger charge is 2.62. The third kappa shape index (κ3) is 6.37. The lowest BCUT2D eigenvalue weighted by Gasteiger charge is -2.28. The van der Waals surface area contributed by atoms with Gasteiger partial charge in [-0.1, -0.05) is 0 Å². The van der Waals surface area contributed by atoms with Crippen molar-refractivity contribution in [3.63, 3.8) is 0 Å². The molecule has 35 heavy (non-hydrogen) atoms. The van der Waals surface area contributed by atoms with E-state index in [1.165, 1.54) is 0 Å². The van der Waals surface area contributed by atoms with Crippen LogP contribution in [0.2, 0.25) is 0 Å². The van der Waals surface area contributed by atoms with E-state index in [1.807, 2.05) is 12.1 Å². The van der Waals surface area contributed by atoms with Crippen LogP contribution in [0.25, 0.3) is 5.69 Å². The molecule has 10 nitrogen and oxygen atoms in total. The lowest BCUT2D eigenvalue weighted by molar-refractivity contribution is -0.140. The Kier molecular flexibility index (Phi) is 7.23. The summed E-state index contributed by atoms with van der Waals surface area (Å²) in [6.07, 6.45) is 6.40. The molecule has 0 radical (unpaired) electrons. The highest BCUT2D eigenvalue weighted by atomic mass is 16.6. The molecule has 0 aliphatic heterocycles. The van der Waals surface area contributed by atoms with E-state index in [9.17, 15) is 19.5 Å². The largest absolute Gasteiger partial charge is 0.481 e. The highest BCUT2D eigenvalue weighted by Crippen LogP contribution is 2.56. The van der Waals surface area contributed by atoms with E-state index in [0.29, 0.717) is 25.0 Å². The number of carbonyl (C=O) groups is 3. The van der Waals surface area contributed by atoms with Crippen LogP contribution in [0, 0.1) is 5.92 Å². The van der Waals surface area contributed by atoms with Gasteiger partial charge in [-0.25, -0.2) is 19.5 Å². The van der Waals surface area contributed by atoms with Crippen LogP contribution in [0.4, 0.5) is 9.59 Å². The van der Waals surface area contributed by atoms with Crippen LogP contribution < -0.4 is 0 Å². The van der Waals surface area contributed by atoms with E-state index < -0.39 is 34.8 Å². The SMILES string of the molecule is CC(C)(C)OC(=O)N(CCCC1CC1(C(=O)O)c1cn(-c2ccncc2)cn1)C(=O)OC(C)(C)C. The van der Waals surface area contributed by atoms with Gasteiger partial charge < -0.3 is 19.1 Å². The van der Waals surface area contributed by atoms with Gasteiger partial charge in [-0.3, -0.25) is 9.78 Å². The summed E-state index contributed by atoms with van der Waals surface area (Å²) in [5.41, 5.74) is -1.31. The number of amides is 2. The number of rotatable bonds is 7. The van der Waals surface area contributed by atoms with Gasteiger partial charge in [0.1, 0.15) is 16.6 Å². The summed E-state index contributed by atoms with van der Waals surface area (Å²) in [4.78, 5) is 46.9. The normalized spacial score (nSPS) is 19.7. The fourth-order valence-electron chi connectivity index (χ4n) is 3.96. The second-order valence-electron chi connectivity index (χ2n) is 10.8. The van der Waals surface area contributed by atoms with Crippen molar-refractivity contribution in [2.24, 2.45) is 5.92 Å². The third-order valence-corrected chi connectivity index (χ3v) is 5.65. The molecule has 2 unspecified atom stereocenters. The van der Waals surface area contributed by atoms with Crippen LogP contribution in [-0.2, 0) is 19.7 Å². The lowest BCUT2D eigenvalue weighted by atomic mass is 9.97. The second kappa shape index (κ2) is 9.67. The molecule has 0 spiro atoms. The van der Waals surface area contributed by atoms with Crippen LogP contribution in [0.5, 0.6) is 0 Å². The summed E-state index contributed by atoms with van der Waals surface area (Å²) in [5.74, 6) is -1.10.